The van der Waals surface area contributed by atoms with Gasteiger partial charge in [-0.05, 0) is 24.3 Å². The second-order valence-electron chi connectivity index (χ2n) is 5.03. The summed E-state index contributed by atoms with van der Waals surface area (Å²) in [5.41, 5.74) is 2.02. The zero-order valence-electron chi connectivity index (χ0n) is 12.6. The van der Waals surface area contributed by atoms with Gasteiger partial charge in [-0.1, -0.05) is 35.9 Å². The van der Waals surface area contributed by atoms with E-state index < -0.39 is 5.97 Å². The molecule has 2 N–H and O–H groups in total. The van der Waals surface area contributed by atoms with Crippen molar-refractivity contribution in [2.24, 2.45) is 0 Å². The minimum absolute atomic E-state index is 0.172. The van der Waals surface area contributed by atoms with Crippen LogP contribution >= 0.6 is 11.6 Å². The van der Waals surface area contributed by atoms with Crippen LogP contribution in [0.2, 0.25) is 5.02 Å². The first-order chi connectivity index (χ1) is 11.0. The number of para-hydroxylation sites is 1. The van der Waals surface area contributed by atoms with Gasteiger partial charge in [0, 0.05) is 35.4 Å². The Hall–Kier alpha value is -2.53. The van der Waals surface area contributed by atoms with E-state index in [1.54, 1.807) is 23.1 Å². The summed E-state index contributed by atoms with van der Waals surface area (Å²) in [4.78, 5) is 24.2. The van der Waals surface area contributed by atoms with E-state index in [1.807, 2.05) is 30.3 Å². The number of carboxylic acid groups (broad SMARTS) is 1. The van der Waals surface area contributed by atoms with Gasteiger partial charge in [-0.15, -0.1) is 0 Å². The molecule has 0 heterocycles. The standard InChI is InChI=1S/C17H17ClN2O3/c1-12(21)19-16-9-5-8-15(18)14(16)10-20(11-17(22)23)13-6-3-2-4-7-13/h2-9H,10-11H2,1H3,(H,19,21)(H,22,23). The highest BCUT2D eigenvalue weighted by Gasteiger charge is 2.16. The van der Waals surface area contributed by atoms with Crippen LogP contribution in [0, 0.1) is 0 Å². The predicted molar refractivity (Wildman–Crippen MR) is 90.9 cm³/mol. The van der Waals surface area contributed by atoms with Gasteiger partial charge in [-0.3, -0.25) is 9.59 Å². The highest BCUT2D eigenvalue weighted by Crippen LogP contribution is 2.28. The zero-order chi connectivity index (χ0) is 16.8. The molecule has 0 fully saturated rings. The van der Waals surface area contributed by atoms with Gasteiger partial charge in [-0.2, -0.15) is 0 Å². The molecule has 2 rings (SSSR count). The van der Waals surface area contributed by atoms with E-state index in [1.165, 1.54) is 6.92 Å². The molecule has 0 aliphatic carbocycles. The Labute approximate surface area is 139 Å². The molecule has 23 heavy (non-hydrogen) atoms. The Balaban J connectivity index is 2.36. The number of hydrogen-bond donors (Lipinski definition) is 2. The molecule has 2 aromatic rings. The molecule has 0 saturated carbocycles. The molecule has 120 valence electrons. The third-order valence-electron chi connectivity index (χ3n) is 3.23. The van der Waals surface area contributed by atoms with E-state index in [9.17, 15) is 9.59 Å². The van der Waals surface area contributed by atoms with Gasteiger partial charge in [0.05, 0.1) is 0 Å². The van der Waals surface area contributed by atoms with Crippen LogP contribution < -0.4 is 10.2 Å². The third-order valence-corrected chi connectivity index (χ3v) is 3.58. The van der Waals surface area contributed by atoms with E-state index in [-0.39, 0.29) is 19.0 Å². The molecule has 6 heteroatoms. The highest BCUT2D eigenvalue weighted by atomic mass is 35.5. The normalized spacial score (nSPS) is 10.2. The van der Waals surface area contributed by atoms with Crippen molar-refractivity contribution in [1.29, 1.82) is 0 Å². The highest BCUT2D eigenvalue weighted by molar-refractivity contribution is 6.31. The van der Waals surface area contributed by atoms with Gasteiger partial charge in [0.25, 0.3) is 0 Å². The lowest BCUT2D eigenvalue weighted by Crippen LogP contribution is -2.29. The van der Waals surface area contributed by atoms with Gasteiger partial charge >= 0.3 is 5.97 Å². The molecule has 0 aliphatic heterocycles. The number of nitrogens with zero attached hydrogens (tertiary/aromatic N) is 1. The van der Waals surface area contributed by atoms with Crippen molar-refractivity contribution in [3.8, 4) is 0 Å². The van der Waals surface area contributed by atoms with Crippen molar-refractivity contribution in [2.45, 2.75) is 13.5 Å². The van der Waals surface area contributed by atoms with Gasteiger partial charge in [0.15, 0.2) is 0 Å². The second kappa shape index (κ2) is 7.65. The zero-order valence-corrected chi connectivity index (χ0v) is 13.4. The smallest absolute Gasteiger partial charge is 0.323 e. The van der Waals surface area contributed by atoms with Crippen molar-refractivity contribution in [1.82, 2.24) is 0 Å². The van der Waals surface area contributed by atoms with Crippen LogP contribution in [0.4, 0.5) is 11.4 Å². The molecule has 0 spiro atoms. The average molecular weight is 333 g/mol. The first kappa shape index (κ1) is 16.8. The number of anilines is 2. The molecule has 0 radical (unpaired) electrons. The Morgan fingerprint density at radius 3 is 2.43 bits per heavy atom. The summed E-state index contributed by atoms with van der Waals surface area (Å²) in [6.07, 6.45) is 0. The topological polar surface area (TPSA) is 69.6 Å². The number of carboxylic acids is 1. The number of aliphatic carboxylic acids is 1. The first-order valence-corrected chi connectivity index (χ1v) is 7.42. The lowest BCUT2D eigenvalue weighted by atomic mass is 10.1. The third kappa shape index (κ3) is 4.72. The van der Waals surface area contributed by atoms with Crippen LogP contribution in [0.15, 0.2) is 48.5 Å². The summed E-state index contributed by atoms with van der Waals surface area (Å²) in [5, 5.41) is 12.4. The maximum absolute atomic E-state index is 11.3. The number of nitrogens with one attached hydrogen (secondary N) is 1. The van der Waals surface area contributed by atoms with Crippen molar-refractivity contribution in [3.63, 3.8) is 0 Å². The van der Waals surface area contributed by atoms with Crippen molar-refractivity contribution >= 4 is 34.9 Å². The fourth-order valence-corrected chi connectivity index (χ4v) is 2.49. The van der Waals surface area contributed by atoms with Crippen LogP contribution in [0.1, 0.15) is 12.5 Å². The lowest BCUT2D eigenvalue weighted by Gasteiger charge is -2.25. The van der Waals surface area contributed by atoms with E-state index >= 15 is 0 Å². The van der Waals surface area contributed by atoms with Crippen molar-refractivity contribution < 1.29 is 14.7 Å². The number of amides is 1. The first-order valence-electron chi connectivity index (χ1n) is 7.04. The molecular weight excluding hydrogens is 316 g/mol. The summed E-state index contributed by atoms with van der Waals surface area (Å²) in [6, 6.07) is 14.4. The number of rotatable bonds is 6. The molecule has 0 unspecified atom stereocenters. The minimum atomic E-state index is -0.943. The minimum Gasteiger partial charge on any atom is -0.480 e. The molecule has 0 aromatic heterocycles. The number of benzene rings is 2. The second-order valence-corrected chi connectivity index (χ2v) is 5.44. The summed E-state index contributed by atoms with van der Waals surface area (Å²) in [5.74, 6) is -1.15. The van der Waals surface area contributed by atoms with Crippen LogP contribution in [0.25, 0.3) is 0 Å². The van der Waals surface area contributed by atoms with E-state index in [2.05, 4.69) is 5.32 Å². The van der Waals surface area contributed by atoms with Gasteiger partial charge in [-0.25, -0.2) is 0 Å². The fourth-order valence-electron chi connectivity index (χ4n) is 2.26. The maximum Gasteiger partial charge on any atom is 0.323 e. The summed E-state index contributed by atoms with van der Waals surface area (Å²) in [6.45, 7) is 1.51. The van der Waals surface area contributed by atoms with E-state index in [4.69, 9.17) is 16.7 Å². The van der Waals surface area contributed by atoms with E-state index in [0.29, 0.717) is 16.3 Å². The van der Waals surface area contributed by atoms with Gasteiger partial charge < -0.3 is 15.3 Å². The van der Waals surface area contributed by atoms with Crippen LogP contribution in [0.3, 0.4) is 0 Å². The summed E-state index contributed by atoms with van der Waals surface area (Å²) in [7, 11) is 0. The fraction of sp³-hybridized carbons (Fsp3) is 0.176. The number of carbonyl (C=O) groups excluding carboxylic acids is 1. The molecule has 1 amide bonds. The SMILES string of the molecule is CC(=O)Nc1cccc(Cl)c1CN(CC(=O)O)c1ccccc1. The van der Waals surface area contributed by atoms with E-state index in [0.717, 1.165) is 5.69 Å². The molecule has 0 atom stereocenters. The molecule has 5 nitrogen and oxygen atoms in total. The van der Waals surface area contributed by atoms with Crippen molar-refractivity contribution in [3.05, 3.63) is 59.1 Å². The number of carbonyl (C=O) groups is 2. The van der Waals surface area contributed by atoms with Crippen LogP contribution in [-0.2, 0) is 16.1 Å². The van der Waals surface area contributed by atoms with Crippen LogP contribution in [-0.4, -0.2) is 23.5 Å². The summed E-state index contributed by atoms with van der Waals surface area (Å²) < 4.78 is 0. The monoisotopic (exact) mass is 332 g/mol. The Bertz CT molecular complexity index is 704. The summed E-state index contributed by atoms with van der Waals surface area (Å²) >= 11 is 6.26. The quantitative estimate of drug-likeness (QED) is 0.850. The molecule has 0 saturated heterocycles. The van der Waals surface area contributed by atoms with Gasteiger partial charge in [0.2, 0.25) is 5.91 Å². The maximum atomic E-state index is 11.3. The molecule has 0 bridgehead atoms. The molecular formula is C17H17ClN2O3. The Morgan fingerprint density at radius 1 is 1.13 bits per heavy atom. The Kier molecular flexibility index (Phi) is 5.60. The molecule has 2 aromatic carbocycles. The van der Waals surface area contributed by atoms with Gasteiger partial charge in [0.1, 0.15) is 6.54 Å². The largest absolute Gasteiger partial charge is 0.480 e. The average Bonchev–Trinajstić information content (AvgIpc) is 2.49. The Morgan fingerprint density at radius 2 is 1.83 bits per heavy atom. The number of halogens is 1. The predicted octanol–water partition coefficient (Wildman–Crippen LogP) is 3.39. The van der Waals surface area contributed by atoms with Crippen LogP contribution in [0.5, 0.6) is 0 Å². The lowest BCUT2D eigenvalue weighted by molar-refractivity contribution is -0.135. The van der Waals surface area contributed by atoms with Crippen molar-refractivity contribution in [2.75, 3.05) is 16.8 Å². The molecule has 0 aliphatic rings. The number of hydrogen-bond acceptors (Lipinski definition) is 3.